The van der Waals surface area contributed by atoms with Crippen LogP contribution in [0.2, 0.25) is 0 Å². The molecular weight excluding hydrogens is 200 g/mol. The van der Waals surface area contributed by atoms with Gasteiger partial charge in [0.25, 0.3) is 0 Å². The van der Waals surface area contributed by atoms with E-state index in [-0.39, 0.29) is 23.9 Å². The van der Waals surface area contributed by atoms with Gasteiger partial charge in [0.2, 0.25) is 5.91 Å². The number of amides is 1. The first-order valence-electron chi connectivity index (χ1n) is 4.91. The molecule has 5 heteroatoms. The van der Waals surface area contributed by atoms with Gasteiger partial charge in [-0.15, -0.1) is 0 Å². The van der Waals surface area contributed by atoms with E-state index in [1.807, 2.05) is 13.8 Å². The van der Waals surface area contributed by atoms with Crippen LogP contribution < -0.4 is 11.1 Å². The van der Waals surface area contributed by atoms with Gasteiger partial charge in [-0.1, -0.05) is 6.92 Å². The van der Waals surface area contributed by atoms with Crippen LogP contribution in [0.15, 0.2) is 0 Å². The third-order valence-electron chi connectivity index (χ3n) is 2.63. The Balaban J connectivity index is 2.37. The van der Waals surface area contributed by atoms with Gasteiger partial charge >= 0.3 is 0 Å². The number of carbonyl (C=O) groups excluding carboxylic acids is 1. The molecule has 0 aliphatic carbocycles. The van der Waals surface area contributed by atoms with Crippen LogP contribution in [-0.4, -0.2) is 33.7 Å². The van der Waals surface area contributed by atoms with Crippen molar-refractivity contribution in [3.8, 4) is 0 Å². The summed E-state index contributed by atoms with van der Waals surface area (Å²) in [6.45, 7) is 3.63. The quantitative estimate of drug-likeness (QED) is 0.677. The van der Waals surface area contributed by atoms with Crippen molar-refractivity contribution in [2.75, 3.05) is 11.5 Å². The first-order valence-corrected chi connectivity index (χ1v) is 6.40. The average molecular weight is 218 g/mol. The smallest absolute Gasteiger partial charge is 0.224 e. The molecule has 1 aliphatic heterocycles. The fourth-order valence-electron chi connectivity index (χ4n) is 1.35. The van der Waals surface area contributed by atoms with Gasteiger partial charge in [0, 0.05) is 40.3 Å². The highest BCUT2D eigenvalue weighted by atomic mass is 32.2. The highest BCUT2D eigenvalue weighted by Gasteiger charge is 2.25. The molecule has 4 nitrogen and oxygen atoms in total. The fourth-order valence-corrected chi connectivity index (χ4v) is 2.76. The van der Waals surface area contributed by atoms with Crippen LogP contribution >= 0.6 is 0 Å². The second-order valence-electron chi connectivity index (χ2n) is 3.95. The molecule has 1 saturated heterocycles. The van der Waals surface area contributed by atoms with Gasteiger partial charge in [-0.3, -0.25) is 9.00 Å². The number of nitrogens with two attached hydrogens (primary N) is 1. The largest absolute Gasteiger partial charge is 0.352 e. The maximum absolute atomic E-state index is 11.6. The molecule has 4 unspecified atom stereocenters. The average Bonchev–Trinajstić information content (AvgIpc) is 2.49. The molecule has 1 aliphatic rings. The van der Waals surface area contributed by atoms with Crippen LogP contribution in [0.5, 0.6) is 0 Å². The summed E-state index contributed by atoms with van der Waals surface area (Å²) in [5.74, 6) is 1.10. The van der Waals surface area contributed by atoms with Crippen LogP contribution in [0.3, 0.4) is 0 Å². The lowest BCUT2D eigenvalue weighted by atomic mass is 10.0. The SMILES string of the molecule is CC(N)C(C)C(=O)NC1CCS(=O)C1. The highest BCUT2D eigenvalue weighted by molar-refractivity contribution is 7.85. The summed E-state index contributed by atoms with van der Waals surface area (Å²) in [4.78, 5) is 11.6. The topological polar surface area (TPSA) is 72.2 Å². The second kappa shape index (κ2) is 4.89. The molecule has 0 aromatic carbocycles. The molecule has 0 bridgehead atoms. The van der Waals surface area contributed by atoms with Crippen LogP contribution in [0, 0.1) is 5.92 Å². The van der Waals surface area contributed by atoms with Gasteiger partial charge in [-0.05, 0) is 13.3 Å². The molecule has 0 aromatic rings. The van der Waals surface area contributed by atoms with Crippen LogP contribution in [0.1, 0.15) is 20.3 Å². The zero-order chi connectivity index (χ0) is 10.7. The van der Waals surface area contributed by atoms with Crippen LogP contribution in [0.4, 0.5) is 0 Å². The van der Waals surface area contributed by atoms with E-state index in [1.54, 1.807) is 0 Å². The minimum Gasteiger partial charge on any atom is -0.352 e. The predicted octanol–water partition coefficient (Wildman–Crippen LogP) is -0.393. The van der Waals surface area contributed by atoms with Gasteiger partial charge in [-0.2, -0.15) is 0 Å². The molecule has 1 fully saturated rings. The number of rotatable bonds is 3. The van der Waals surface area contributed by atoms with Crippen molar-refractivity contribution in [1.82, 2.24) is 5.32 Å². The van der Waals surface area contributed by atoms with Crippen molar-refractivity contribution in [1.29, 1.82) is 0 Å². The first kappa shape index (κ1) is 11.7. The summed E-state index contributed by atoms with van der Waals surface area (Å²) in [7, 11) is -0.739. The zero-order valence-electron chi connectivity index (χ0n) is 8.66. The zero-order valence-corrected chi connectivity index (χ0v) is 9.47. The highest BCUT2D eigenvalue weighted by Crippen LogP contribution is 2.09. The van der Waals surface area contributed by atoms with Gasteiger partial charge in [0.05, 0.1) is 0 Å². The minimum absolute atomic E-state index is 0.0242. The van der Waals surface area contributed by atoms with Crippen molar-refractivity contribution >= 4 is 16.7 Å². The second-order valence-corrected chi connectivity index (χ2v) is 5.57. The molecule has 4 atom stereocenters. The van der Waals surface area contributed by atoms with Crippen molar-refractivity contribution in [2.45, 2.75) is 32.4 Å². The van der Waals surface area contributed by atoms with Gasteiger partial charge < -0.3 is 11.1 Å². The van der Waals surface area contributed by atoms with Gasteiger partial charge in [0.15, 0.2) is 0 Å². The molecule has 1 amide bonds. The van der Waals surface area contributed by atoms with E-state index in [0.717, 1.165) is 6.42 Å². The van der Waals surface area contributed by atoms with Gasteiger partial charge in [-0.25, -0.2) is 0 Å². The number of hydrogen-bond donors (Lipinski definition) is 2. The van der Waals surface area contributed by atoms with E-state index >= 15 is 0 Å². The molecule has 0 radical (unpaired) electrons. The third-order valence-corrected chi connectivity index (χ3v) is 4.09. The summed E-state index contributed by atoms with van der Waals surface area (Å²) in [5, 5.41) is 2.88. The molecule has 0 saturated carbocycles. The van der Waals surface area contributed by atoms with E-state index < -0.39 is 10.8 Å². The Morgan fingerprint density at radius 2 is 2.21 bits per heavy atom. The van der Waals surface area contributed by atoms with Crippen molar-refractivity contribution in [2.24, 2.45) is 11.7 Å². The molecule has 0 aromatic heterocycles. The first-order chi connectivity index (χ1) is 6.50. The maximum atomic E-state index is 11.6. The van der Waals surface area contributed by atoms with E-state index in [2.05, 4.69) is 5.32 Å². The van der Waals surface area contributed by atoms with Crippen molar-refractivity contribution < 1.29 is 9.00 Å². The Bertz CT molecular complexity index is 243. The van der Waals surface area contributed by atoms with Crippen molar-refractivity contribution in [3.05, 3.63) is 0 Å². The minimum atomic E-state index is -0.739. The Hall–Kier alpha value is -0.420. The Labute approximate surface area is 87.1 Å². The van der Waals surface area contributed by atoms with E-state index in [4.69, 9.17) is 5.73 Å². The number of carbonyl (C=O) groups is 1. The van der Waals surface area contributed by atoms with E-state index in [9.17, 15) is 9.00 Å². The molecule has 0 spiro atoms. The molecule has 1 rings (SSSR count). The summed E-state index contributed by atoms with van der Waals surface area (Å²) in [6.07, 6.45) is 0.823. The van der Waals surface area contributed by atoms with Crippen LogP contribution in [0.25, 0.3) is 0 Å². The number of hydrogen-bond acceptors (Lipinski definition) is 3. The molecular formula is C9H18N2O2S. The number of nitrogens with one attached hydrogen (secondary N) is 1. The summed E-state index contributed by atoms with van der Waals surface area (Å²) < 4.78 is 11.1. The summed E-state index contributed by atoms with van der Waals surface area (Å²) >= 11 is 0. The normalized spacial score (nSPS) is 31.1. The van der Waals surface area contributed by atoms with Gasteiger partial charge in [0.1, 0.15) is 0 Å². The molecule has 82 valence electrons. The fraction of sp³-hybridized carbons (Fsp3) is 0.889. The third kappa shape index (κ3) is 3.06. The van der Waals surface area contributed by atoms with E-state index in [0.29, 0.717) is 11.5 Å². The Morgan fingerprint density at radius 1 is 1.57 bits per heavy atom. The van der Waals surface area contributed by atoms with Crippen molar-refractivity contribution in [3.63, 3.8) is 0 Å². The van der Waals surface area contributed by atoms with E-state index in [1.165, 1.54) is 0 Å². The maximum Gasteiger partial charge on any atom is 0.224 e. The lowest BCUT2D eigenvalue weighted by molar-refractivity contribution is -0.125. The Morgan fingerprint density at radius 3 is 2.64 bits per heavy atom. The Kier molecular flexibility index (Phi) is 4.07. The standard InChI is InChI=1S/C9H18N2O2S/c1-6(7(2)10)9(12)11-8-3-4-14(13)5-8/h6-8H,3-5,10H2,1-2H3,(H,11,12). The molecule has 1 heterocycles. The lowest BCUT2D eigenvalue weighted by Crippen LogP contribution is -2.43. The predicted molar refractivity (Wildman–Crippen MR) is 57.2 cm³/mol. The van der Waals surface area contributed by atoms with Crippen LogP contribution in [-0.2, 0) is 15.6 Å². The molecule has 14 heavy (non-hydrogen) atoms. The lowest BCUT2D eigenvalue weighted by Gasteiger charge is -2.18. The summed E-state index contributed by atoms with van der Waals surface area (Å²) in [5.41, 5.74) is 5.62. The molecule has 3 N–H and O–H groups in total. The monoisotopic (exact) mass is 218 g/mol. The summed E-state index contributed by atoms with van der Waals surface area (Å²) in [6, 6.07) is -0.0496.